The van der Waals surface area contributed by atoms with Gasteiger partial charge in [0.15, 0.2) is 5.78 Å². The first-order chi connectivity index (χ1) is 10.3. The van der Waals surface area contributed by atoms with Crippen LogP contribution in [0.15, 0.2) is 18.2 Å². The number of thioether (sulfide) groups is 1. The first-order valence-corrected chi connectivity index (χ1v) is 8.35. The van der Waals surface area contributed by atoms with Gasteiger partial charge in [0.25, 0.3) is 0 Å². The van der Waals surface area contributed by atoms with Gasteiger partial charge in [-0.25, -0.2) is 4.39 Å². The summed E-state index contributed by atoms with van der Waals surface area (Å²) in [5, 5.41) is 0.859. The topological polar surface area (TPSA) is 17.1 Å². The van der Waals surface area contributed by atoms with Crippen LogP contribution in [0.4, 0.5) is 17.6 Å². The van der Waals surface area contributed by atoms with Gasteiger partial charge in [-0.05, 0) is 43.9 Å². The minimum atomic E-state index is -4.60. The Bertz CT molecular complexity index is 572. The fraction of sp³-hybridized carbons (Fsp3) is 0.562. The molecule has 0 aliphatic carbocycles. The molecule has 2 unspecified atom stereocenters. The highest BCUT2D eigenvalue weighted by atomic mass is 32.2. The summed E-state index contributed by atoms with van der Waals surface area (Å²) in [6.45, 7) is 0. The molecule has 6 heteroatoms. The number of carbonyl (C=O) groups is 1. The third-order valence-corrected chi connectivity index (χ3v) is 6.09. The molecule has 2 atom stereocenters. The third kappa shape index (κ3) is 3.16. The van der Waals surface area contributed by atoms with Crippen molar-refractivity contribution in [3.8, 4) is 0 Å². The molecule has 0 aromatic heterocycles. The van der Waals surface area contributed by atoms with Crippen LogP contribution in [0.25, 0.3) is 0 Å². The number of hydrogen-bond donors (Lipinski definition) is 0. The molecule has 0 saturated carbocycles. The van der Waals surface area contributed by atoms with Gasteiger partial charge < -0.3 is 0 Å². The van der Waals surface area contributed by atoms with Crippen molar-refractivity contribution in [2.45, 2.75) is 48.8 Å². The zero-order valence-electron chi connectivity index (χ0n) is 11.8. The van der Waals surface area contributed by atoms with Crippen LogP contribution in [0.2, 0.25) is 0 Å². The highest BCUT2D eigenvalue weighted by molar-refractivity contribution is 8.00. The number of halogens is 4. The normalized spacial score (nSPS) is 28.5. The molecule has 2 aliphatic heterocycles. The Morgan fingerprint density at radius 1 is 1.14 bits per heavy atom. The van der Waals surface area contributed by atoms with Crippen molar-refractivity contribution < 1.29 is 22.4 Å². The van der Waals surface area contributed by atoms with Gasteiger partial charge >= 0.3 is 6.18 Å². The van der Waals surface area contributed by atoms with E-state index >= 15 is 0 Å². The van der Waals surface area contributed by atoms with E-state index in [1.165, 1.54) is 0 Å². The van der Waals surface area contributed by atoms with Crippen LogP contribution in [0.1, 0.15) is 48.0 Å². The molecule has 1 aromatic carbocycles. The zero-order chi connectivity index (χ0) is 15.9. The quantitative estimate of drug-likeness (QED) is 0.554. The average molecular weight is 332 g/mol. The predicted octanol–water partition coefficient (Wildman–Crippen LogP) is 5.09. The van der Waals surface area contributed by atoms with Gasteiger partial charge in [-0.15, -0.1) is 0 Å². The maximum Gasteiger partial charge on any atom is 0.416 e. The van der Waals surface area contributed by atoms with Gasteiger partial charge in [0.2, 0.25) is 0 Å². The zero-order valence-corrected chi connectivity index (χ0v) is 12.6. The van der Waals surface area contributed by atoms with Gasteiger partial charge in [0.1, 0.15) is 5.82 Å². The van der Waals surface area contributed by atoms with Crippen LogP contribution in [0.5, 0.6) is 0 Å². The minimum absolute atomic E-state index is 0.206. The molecule has 0 radical (unpaired) electrons. The lowest BCUT2D eigenvalue weighted by Gasteiger charge is -2.38. The van der Waals surface area contributed by atoms with Crippen molar-refractivity contribution in [1.29, 1.82) is 0 Å². The van der Waals surface area contributed by atoms with E-state index in [1.807, 2.05) is 11.8 Å². The Hall–Kier alpha value is -1.04. The van der Waals surface area contributed by atoms with Crippen LogP contribution in [-0.2, 0) is 6.18 Å². The van der Waals surface area contributed by atoms with Crippen LogP contribution in [0, 0.1) is 11.7 Å². The summed E-state index contributed by atoms with van der Waals surface area (Å²) in [7, 11) is 0. The maximum atomic E-state index is 13.9. The molecule has 1 aromatic rings. The standard InChI is InChI=1S/C16H16F4OS/c17-14-8-10(16(18,19)20)4-5-13(14)15(21)9-6-11-2-1-3-12(7-9)22-11/h4-5,8-9,11-12H,1-3,6-7H2. The third-order valence-electron chi connectivity index (χ3n) is 4.46. The summed E-state index contributed by atoms with van der Waals surface area (Å²) in [4.78, 5) is 12.5. The molecule has 120 valence electrons. The van der Waals surface area contributed by atoms with Gasteiger partial charge in [0, 0.05) is 16.4 Å². The number of ketones is 1. The van der Waals surface area contributed by atoms with E-state index in [2.05, 4.69) is 0 Å². The predicted molar refractivity (Wildman–Crippen MR) is 77.5 cm³/mol. The fourth-order valence-electron chi connectivity index (χ4n) is 3.38. The SMILES string of the molecule is O=C(c1ccc(C(F)(F)F)cc1F)C1CC2CCCC(C1)S2. The summed E-state index contributed by atoms with van der Waals surface area (Å²) in [6.07, 6.45) is 0.126. The van der Waals surface area contributed by atoms with Gasteiger partial charge in [-0.2, -0.15) is 24.9 Å². The van der Waals surface area contributed by atoms with E-state index in [4.69, 9.17) is 0 Å². The van der Waals surface area contributed by atoms with Gasteiger partial charge in [-0.3, -0.25) is 4.79 Å². The molecular weight excluding hydrogens is 316 g/mol. The summed E-state index contributed by atoms with van der Waals surface area (Å²) in [6, 6.07) is 2.19. The largest absolute Gasteiger partial charge is 0.416 e. The van der Waals surface area contributed by atoms with E-state index < -0.39 is 17.6 Å². The molecule has 2 aliphatic rings. The van der Waals surface area contributed by atoms with E-state index in [0.29, 0.717) is 29.4 Å². The molecule has 3 rings (SSSR count). The molecule has 2 bridgehead atoms. The molecule has 2 saturated heterocycles. The van der Waals surface area contributed by atoms with Crippen molar-refractivity contribution in [1.82, 2.24) is 0 Å². The van der Waals surface area contributed by atoms with Crippen molar-refractivity contribution in [2.75, 3.05) is 0 Å². The number of rotatable bonds is 2. The second-order valence-corrected chi connectivity index (χ2v) is 7.64. The van der Waals surface area contributed by atoms with Crippen molar-refractivity contribution in [2.24, 2.45) is 5.92 Å². The minimum Gasteiger partial charge on any atom is -0.294 e. The van der Waals surface area contributed by atoms with Crippen LogP contribution in [-0.4, -0.2) is 16.3 Å². The highest BCUT2D eigenvalue weighted by Gasteiger charge is 2.37. The lowest BCUT2D eigenvalue weighted by atomic mass is 9.84. The number of alkyl halides is 3. The molecule has 1 nitrogen and oxygen atoms in total. The lowest BCUT2D eigenvalue weighted by molar-refractivity contribution is -0.137. The van der Waals surface area contributed by atoms with Crippen molar-refractivity contribution >= 4 is 17.5 Å². The Kier molecular flexibility index (Phi) is 4.23. The van der Waals surface area contributed by atoms with E-state index in [1.54, 1.807) is 0 Å². The number of fused-ring (bicyclic) bond motifs is 2. The second kappa shape index (κ2) is 5.87. The summed E-state index contributed by atoms with van der Waals surface area (Å²) >= 11 is 1.90. The first kappa shape index (κ1) is 15.8. The van der Waals surface area contributed by atoms with E-state index in [-0.39, 0.29) is 17.3 Å². The Morgan fingerprint density at radius 3 is 2.32 bits per heavy atom. The average Bonchev–Trinajstić information content (AvgIpc) is 2.45. The Morgan fingerprint density at radius 2 is 1.77 bits per heavy atom. The van der Waals surface area contributed by atoms with E-state index in [0.717, 1.165) is 31.4 Å². The number of benzene rings is 1. The van der Waals surface area contributed by atoms with Gasteiger partial charge in [0.05, 0.1) is 11.1 Å². The molecular formula is C16H16F4OS. The number of Topliss-reactive ketones (excluding diaryl/α,β-unsaturated/α-hetero) is 1. The highest BCUT2D eigenvalue weighted by Crippen LogP contribution is 2.44. The van der Waals surface area contributed by atoms with Crippen molar-refractivity contribution in [3.63, 3.8) is 0 Å². The lowest BCUT2D eigenvalue weighted by Crippen LogP contribution is -2.33. The maximum absolute atomic E-state index is 13.9. The smallest absolute Gasteiger partial charge is 0.294 e. The summed E-state index contributed by atoms with van der Waals surface area (Å²) in [5.41, 5.74) is -1.26. The molecule has 2 fully saturated rings. The van der Waals surface area contributed by atoms with Crippen LogP contribution < -0.4 is 0 Å². The second-order valence-electron chi connectivity index (χ2n) is 6.04. The van der Waals surface area contributed by atoms with Crippen LogP contribution >= 0.6 is 11.8 Å². The van der Waals surface area contributed by atoms with E-state index in [9.17, 15) is 22.4 Å². The first-order valence-electron chi connectivity index (χ1n) is 7.41. The summed E-state index contributed by atoms with van der Waals surface area (Å²) < 4.78 is 51.6. The number of hydrogen-bond acceptors (Lipinski definition) is 2. The Labute approximate surface area is 130 Å². The number of carbonyl (C=O) groups excluding carboxylic acids is 1. The molecule has 0 amide bonds. The van der Waals surface area contributed by atoms with Gasteiger partial charge in [-0.1, -0.05) is 6.42 Å². The van der Waals surface area contributed by atoms with Crippen molar-refractivity contribution in [3.05, 3.63) is 35.1 Å². The molecule has 22 heavy (non-hydrogen) atoms. The molecule has 0 spiro atoms. The summed E-state index contributed by atoms with van der Waals surface area (Å²) in [5.74, 6) is -1.67. The monoisotopic (exact) mass is 332 g/mol. The molecule has 0 N–H and O–H groups in total. The van der Waals surface area contributed by atoms with Crippen LogP contribution in [0.3, 0.4) is 0 Å². The Balaban J connectivity index is 1.80. The molecule has 2 heterocycles. The fourth-order valence-corrected chi connectivity index (χ4v) is 5.22.